The molecule has 7 nitrogen and oxygen atoms in total. The average Bonchev–Trinajstić information content (AvgIpc) is 3.64. The molecule has 2 unspecified atom stereocenters. The molecule has 0 spiro atoms. The van der Waals surface area contributed by atoms with Gasteiger partial charge in [0.15, 0.2) is 0 Å². The van der Waals surface area contributed by atoms with Gasteiger partial charge in [-0.2, -0.15) is 5.10 Å². The smallest absolute Gasteiger partial charge is 0.248 e. The Morgan fingerprint density at radius 3 is 2.46 bits per heavy atom. The van der Waals surface area contributed by atoms with Gasteiger partial charge in [0, 0.05) is 40.5 Å². The summed E-state index contributed by atoms with van der Waals surface area (Å²) in [6.07, 6.45) is 8.09. The molecule has 2 aliphatic heterocycles. The first kappa shape index (κ1) is 22.5. The highest BCUT2D eigenvalue weighted by Gasteiger charge is 2.40. The summed E-state index contributed by atoms with van der Waals surface area (Å²) >= 11 is 0. The molecule has 2 bridgehead atoms. The molecule has 2 aromatic heterocycles. The number of benzene rings is 2. The Bertz CT molecular complexity index is 1480. The molecule has 1 aliphatic carbocycles. The van der Waals surface area contributed by atoms with E-state index in [1.165, 1.54) is 24.1 Å². The molecule has 1 amide bonds. The summed E-state index contributed by atoms with van der Waals surface area (Å²) in [6.45, 7) is 0.580. The Morgan fingerprint density at radius 2 is 1.76 bits per heavy atom. The second-order valence-corrected chi connectivity index (χ2v) is 10.9. The summed E-state index contributed by atoms with van der Waals surface area (Å²) in [4.78, 5) is 19.2. The number of piperidine rings is 1. The van der Waals surface area contributed by atoms with Gasteiger partial charge >= 0.3 is 0 Å². The van der Waals surface area contributed by atoms with Gasteiger partial charge in [0.25, 0.3) is 0 Å². The van der Waals surface area contributed by atoms with Crippen LogP contribution in [0.1, 0.15) is 66.1 Å². The third-order valence-electron chi connectivity index (χ3n) is 8.42. The molecule has 4 aromatic rings. The number of nitrogens with two attached hydrogens (primary N) is 1. The second-order valence-electron chi connectivity index (χ2n) is 10.9. The minimum atomic E-state index is -0.445. The number of aromatic nitrogens is 3. The Hall–Kier alpha value is -3.71. The molecule has 4 heterocycles. The monoisotopic (exact) mass is 493 g/mol. The van der Waals surface area contributed by atoms with E-state index < -0.39 is 5.91 Å². The van der Waals surface area contributed by atoms with E-state index in [9.17, 15) is 9.90 Å². The number of carbonyl (C=O) groups excluding carboxylic acids is 1. The van der Waals surface area contributed by atoms with Gasteiger partial charge in [-0.1, -0.05) is 18.2 Å². The SMILES string of the molecule is NC(=O)c1ccc2c(c1)c(-c1ccc(N3C4CCC3CC(O)C4)cc1)nn2Cc1ncccc1C1CC1. The number of primary amides is 1. The van der Waals surface area contributed by atoms with Gasteiger partial charge in [-0.25, -0.2) is 0 Å². The van der Waals surface area contributed by atoms with Crippen molar-refractivity contribution in [3.8, 4) is 11.3 Å². The van der Waals surface area contributed by atoms with Crippen molar-refractivity contribution >= 4 is 22.5 Å². The van der Waals surface area contributed by atoms with Crippen LogP contribution < -0.4 is 10.6 Å². The molecule has 3 aliphatic rings. The number of amides is 1. The molecule has 2 atom stereocenters. The van der Waals surface area contributed by atoms with Gasteiger partial charge in [0.2, 0.25) is 5.91 Å². The van der Waals surface area contributed by atoms with Crippen LogP contribution in [0.25, 0.3) is 22.2 Å². The van der Waals surface area contributed by atoms with Gasteiger partial charge in [-0.15, -0.1) is 0 Å². The zero-order chi connectivity index (χ0) is 25.1. The lowest BCUT2D eigenvalue weighted by Gasteiger charge is -2.39. The van der Waals surface area contributed by atoms with Crippen LogP contribution in [0.2, 0.25) is 0 Å². The van der Waals surface area contributed by atoms with Crippen LogP contribution in [0.3, 0.4) is 0 Å². The van der Waals surface area contributed by atoms with Crippen molar-refractivity contribution in [2.45, 2.75) is 69.2 Å². The molecular formula is C30H31N5O2. The number of aliphatic hydroxyl groups is 1. The Morgan fingerprint density at radius 1 is 1.00 bits per heavy atom. The van der Waals surface area contributed by atoms with Crippen LogP contribution in [-0.2, 0) is 6.54 Å². The molecule has 7 rings (SSSR count). The number of hydrogen-bond acceptors (Lipinski definition) is 5. The van der Waals surface area contributed by atoms with Crippen molar-refractivity contribution in [1.82, 2.24) is 14.8 Å². The van der Waals surface area contributed by atoms with Crippen molar-refractivity contribution in [2.75, 3.05) is 4.90 Å². The highest BCUT2D eigenvalue weighted by atomic mass is 16.3. The van der Waals surface area contributed by atoms with Gasteiger partial charge in [-0.3, -0.25) is 14.5 Å². The molecule has 188 valence electrons. The highest BCUT2D eigenvalue weighted by molar-refractivity contribution is 6.01. The highest BCUT2D eigenvalue weighted by Crippen LogP contribution is 2.42. The largest absolute Gasteiger partial charge is 0.393 e. The van der Waals surface area contributed by atoms with E-state index >= 15 is 0 Å². The lowest BCUT2D eigenvalue weighted by molar-refractivity contribution is 0.100. The number of carbonyl (C=O) groups is 1. The molecule has 37 heavy (non-hydrogen) atoms. The van der Waals surface area contributed by atoms with Gasteiger partial charge in [-0.05, 0) is 86.4 Å². The summed E-state index contributed by atoms with van der Waals surface area (Å²) in [7, 11) is 0. The number of nitrogens with zero attached hydrogens (tertiary/aromatic N) is 4. The maximum absolute atomic E-state index is 12.0. The van der Waals surface area contributed by atoms with Crippen molar-refractivity contribution in [3.05, 3.63) is 77.6 Å². The minimum absolute atomic E-state index is 0.178. The van der Waals surface area contributed by atoms with E-state index in [-0.39, 0.29) is 6.10 Å². The summed E-state index contributed by atoms with van der Waals surface area (Å²) in [6, 6.07) is 19.2. The third-order valence-corrected chi connectivity index (χ3v) is 8.42. The van der Waals surface area contributed by atoms with E-state index in [2.05, 4.69) is 35.2 Å². The molecule has 3 fully saturated rings. The summed E-state index contributed by atoms with van der Waals surface area (Å²) < 4.78 is 2.00. The number of aliphatic hydroxyl groups excluding tert-OH is 1. The average molecular weight is 494 g/mol. The van der Waals surface area contributed by atoms with Gasteiger partial charge in [0.1, 0.15) is 5.69 Å². The molecule has 7 heteroatoms. The first-order chi connectivity index (χ1) is 18.0. The summed E-state index contributed by atoms with van der Waals surface area (Å²) in [5.41, 5.74) is 12.5. The number of anilines is 1. The van der Waals surface area contributed by atoms with Crippen LogP contribution in [-0.4, -0.2) is 44.0 Å². The number of pyridine rings is 1. The number of hydrogen-bond donors (Lipinski definition) is 2. The van der Waals surface area contributed by atoms with E-state index in [1.54, 1.807) is 6.07 Å². The van der Waals surface area contributed by atoms with Crippen molar-refractivity contribution in [3.63, 3.8) is 0 Å². The van der Waals surface area contributed by atoms with E-state index in [4.69, 9.17) is 15.8 Å². The predicted octanol–water partition coefficient (Wildman–Crippen LogP) is 4.62. The van der Waals surface area contributed by atoms with E-state index in [0.717, 1.165) is 53.5 Å². The second kappa shape index (κ2) is 8.70. The Labute approximate surface area is 215 Å². The van der Waals surface area contributed by atoms with Gasteiger partial charge in [0.05, 0.1) is 23.9 Å². The van der Waals surface area contributed by atoms with E-state index in [0.29, 0.717) is 30.1 Å². The molecular weight excluding hydrogens is 462 g/mol. The van der Waals surface area contributed by atoms with Gasteiger partial charge < -0.3 is 15.7 Å². The van der Waals surface area contributed by atoms with Crippen molar-refractivity contribution in [2.24, 2.45) is 5.73 Å². The van der Waals surface area contributed by atoms with Crippen molar-refractivity contribution < 1.29 is 9.90 Å². The van der Waals surface area contributed by atoms with Crippen molar-refractivity contribution in [1.29, 1.82) is 0 Å². The summed E-state index contributed by atoms with van der Waals surface area (Å²) in [5.74, 6) is 0.157. The lowest BCUT2D eigenvalue weighted by Crippen LogP contribution is -2.44. The fourth-order valence-electron chi connectivity index (χ4n) is 6.52. The third kappa shape index (κ3) is 3.98. The topological polar surface area (TPSA) is 97.3 Å². The first-order valence-corrected chi connectivity index (χ1v) is 13.4. The Balaban J connectivity index is 1.27. The number of fused-ring (bicyclic) bond motifs is 3. The van der Waals surface area contributed by atoms with Crippen LogP contribution >= 0.6 is 0 Å². The fraction of sp³-hybridized carbons (Fsp3) is 0.367. The molecule has 3 N–H and O–H groups in total. The van der Waals surface area contributed by atoms with E-state index in [1.807, 2.05) is 29.1 Å². The van der Waals surface area contributed by atoms with Crippen LogP contribution in [0.4, 0.5) is 5.69 Å². The molecule has 2 aromatic carbocycles. The lowest BCUT2D eigenvalue weighted by atomic mass is 9.98. The number of rotatable bonds is 6. The maximum atomic E-state index is 12.0. The standard InChI is InChI=1S/C30H31N5O2/c31-30(37)20-7-12-28-26(14-20)29(33-34(28)17-27-25(18-3-4-18)2-1-13-32-27)19-5-8-21(9-6-19)35-22-10-11-23(35)16-24(36)15-22/h1-2,5-9,12-14,18,22-24,36H,3-4,10-11,15-17H2,(H2,31,37). The maximum Gasteiger partial charge on any atom is 0.248 e. The quantitative estimate of drug-likeness (QED) is 0.409. The molecule has 0 radical (unpaired) electrons. The van der Waals surface area contributed by atoms with Crippen LogP contribution in [0, 0.1) is 0 Å². The predicted molar refractivity (Wildman–Crippen MR) is 144 cm³/mol. The van der Waals surface area contributed by atoms with Crippen LogP contribution in [0.15, 0.2) is 60.8 Å². The summed E-state index contributed by atoms with van der Waals surface area (Å²) in [5, 5.41) is 16.2. The fourth-order valence-corrected chi connectivity index (χ4v) is 6.52. The minimum Gasteiger partial charge on any atom is -0.393 e. The zero-order valence-corrected chi connectivity index (χ0v) is 20.8. The normalized spacial score (nSPS) is 23.1. The first-order valence-electron chi connectivity index (χ1n) is 13.4. The van der Waals surface area contributed by atoms with Crippen LogP contribution in [0.5, 0.6) is 0 Å². The zero-order valence-electron chi connectivity index (χ0n) is 20.8. The Kier molecular flexibility index (Phi) is 5.29. The molecule has 2 saturated heterocycles. The molecule has 1 saturated carbocycles.